The number of guanidine groups is 1. The summed E-state index contributed by atoms with van der Waals surface area (Å²) in [7, 11) is 1.49. The van der Waals surface area contributed by atoms with Crippen LogP contribution < -0.4 is 16.6 Å². The lowest BCUT2D eigenvalue weighted by molar-refractivity contribution is -0.147. The number of carbonyl (C=O) groups is 2. The minimum Gasteiger partial charge on any atom is -0.343 e. The van der Waals surface area contributed by atoms with E-state index in [2.05, 4.69) is 22.7 Å². The van der Waals surface area contributed by atoms with Crippen molar-refractivity contribution in [3.05, 3.63) is 0 Å². The maximum Gasteiger partial charge on any atom is 0.251 e. The summed E-state index contributed by atoms with van der Waals surface area (Å²) in [6, 6.07) is -0.441. The second-order valence-corrected chi connectivity index (χ2v) is 4.25. The van der Waals surface area contributed by atoms with Crippen molar-refractivity contribution in [3.63, 3.8) is 0 Å². The number of aliphatic imine (C=N–C) groups is 1. The molecule has 1 atom stereocenters. The van der Waals surface area contributed by atoms with Crippen molar-refractivity contribution >= 4 is 17.8 Å². The molecule has 1 rings (SSSR count). The summed E-state index contributed by atoms with van der Waals surface area (Å²) in [5.74, 6) is 5.34. The number of piperidine rings is 1. The van der Waals surface area contributed by atoms with Crippen molar-refractivity contribution in [2.45, 2.75) is 38.6 Å². The van der Waals surface area contributed by atoms with Crippen LogP contribution in [0.1, 0.15) is 32.6 Å². The molecular weight excluding hydrogens is 234 g/mol. The molecule has 0 aliphatic carbocycles. The van der Waals surface area contributed by atoms with Crippen LogP contribution in [0.3, 0.4) is 0 Å². The molecule has 7 nitrogen and oxygen atoms in total. The van der Waals surface area contributed by atoms with Gasteiger partial charge >= 0.3 is 0 Å². The number of nitrogens with zero attached hydrogens (tertiary/aromatic N) is 2. The summed E-state index contributed by atoms with van der Waals surface area (Å²) in [5.41, 5.74) is 2.44. The highest BCUT2D eigenvalue weighted by Crippen LogP contribution is 2.11. The summed E-state index contributed by atoms with van der Waals surface area (Å²) in [4.78, 5) is 28.5. The Hall–Kier alpha value is -1.63. The molecule has 7 heteroatoms. The average molecular weight is 255 g/mol. The maximum atomic E-state index is 11.8. The molecule has 0 spiro atoms. The van der Waals surface area contributed by atoms with Gasteiger partial charge in [-0.05, 0) is 12.8 Å². The molecule has 0 aromatic rings. The maximum absolute atomic E-state index is 11.8. The van der Waals surface area contributed by atoms with E-state index in [0.717, 1.165) is 17.7 Å². The van der Waals surface area contributed by atoms with Gasteiger partial charge in [-0.25, -0.2) is 5.84 Å². The minimum absolute atomic E-state index is 0.150. The number of hydrazine groups is 1. The molecule has 4 N–H and O–H groups in total. The van der Waals surface area contributed by atoms with Gasteiger partial charge in [0.2, 0.25) is 11.9 Å². The smallest absolute Gasteiger partial charge is 0.251 e. The van der Waals surface area contributed by atoms with Gasteiger partial charge in [-0.2, -0.15) is 0 Å². The number of nitrogens with one attached hydrogen (secondary N) is 2. The number of likely N-dealkylation sites (N-methyl/N-ethyl adjacent to an activating group) is 1. The van der Waals surface area contributed by atoms with Crippen LogP contribution in [0.2, 0.25) is 0 Å². The summed E-state index contributed by atoms with van der Waals surface area (Å²) in [6.07, 6.45) is 2.83. The van der Waals surface area contributed by atoms with Crippen molar-refractivity contribution in [2.24, 2.45) is 10.8 Å². The van der Waals surface area contributed by atoms with Gasteiger partial charge < -0.3 is 5.32 Å². The van der Waals surface area contributed by atoms with Crippen molar-refractivity contribution in [1.82, 2.24) is 15.6 Å². The molecule has 1 aliphatic rings. The molecule has 2 amide bonds. The second-order valence-electron chi connectivity index (χ2n) is 4.25. The first-order chi connectivity index (χ1) is 8.60. The molecule has 1 heterocycles. The molecule has 1 aliphatic heterocycles. The zero-order chi connectivity index (χ0) is 13.5. The van der Waals surface area contributed by atoms with Crippen LogP contribution in [0.15, 0.2) is 4.99 Å². The Kier molecular flexibility index (Phi) is 5.57. The normalized spacial score (nSPS) is 21.2. The third kappa shape index (κ3) is 3.69. The highest BCUT2D eigenvalue weighted by Gasteiger charge is 2.32. The van der Waals surface area contributed by atoms with E-state index in [1.54, 1.807) is 0 Å². The first kappa shape index (κ1) is 14.4. The molecule has 1 fully saturated rings. The van der Waals surface area contributed by atoms with E-state index in [9.17, 15) is 9.59 Å². The van der Waals surface area contributed by atoms with Gasteiger partial charge in [0, 0.05) is 20.0 Å². The minimum atomic E-state index is -0.441. The predicted molar refractivity (Wildman–Crippen MR) is 68.5 cm³/mol. The molecule has 0 bridgehead atoms. The number of likely N-dealkylation sites (tertiary alicyclic amines) is 1. The van der Waals surface area contributed by atoms with E-state index < -0.39 is 6.04 Å². The van der Waals surface area contributed by atoms with E-state index in [-0.39, 0.29) is 11.8 Å². The lowest BCUT2D eigenvalue weighted by Gasteiger charge is -2.28. The monoisotopic (exact) mass is 255 g/mol. The van der Waals surface area contributed by atoms with Crippen LogP contribution in [-0.2, 0) is 9.59 Å². The fourth-order valence-corrected chi connectivity index (χ4v) is 1.70. The predicted octanol–water partition coefficient (Wildman–Crippen LogP) is -0.657. The zero-order valence-electron chi connectivity index (χ0n) is 10.9. The third-order valence-corrected chi connectivity index (χ3v) is 2.88. The Morgan fingerprint density at radius 2 is 2.28 bits per heavy atom. The molecule has 102 valence electrons. The Morgan fingerprint density at radius 3 is 2.89 bits per heavy atom. The number of nitrogens with two attached hydrogens (primary N) is 1. The number of hydrogen-bond acceptors (Lipinski definition) is 4. The second kappa shape index (κ2) is 6.95. The number of imide groups is 1. The Balaban J connectivity index is 2.57. The zero-order valence-corrected chi connectivity index (χ0v) is 10.9. The number of hydrogen-bond donors (Lipinski definition) is 3. The number of carbonyl (C=O) groups excluding carboxylic acids is 2. The largest absolute Gasteiger partial charge is 0.343 e. The van der Waals surface area contributed by atoms with E-state index in [4.69, 9.17) is 5.84 Å². The highest BCUT2D eigenvalue weighted by molar-refractivity contribution is 6.01. The van der Waals surface area contributed by atoms with Crippen molar-refractivity contribution in [2.75, 3.05) is 13.6 Å². The summed E-state index contributed by atoms with van der Waals surface area (Å²) < 4.78 is 0. The average Bonchev–Trinajstić information content (AvgIpc) is 2.38. The number of unbranched alkanes of at least 4 members (excludes halogenated alkanes) is 1. The van der Waals surface area contributed by atoms with Crippen molar-refractivity contribution in [1.29, 1.82) is 0 Å². The number of rotatable bonds is 4. The summed E-state index contributed by atoms with van der Waals surface area (Å²) in [5, 5.41) is 2.94. The van der Waals surface area contributed by atoms with Gasteiger partial charge in [-0.1, -0.05) is 13.3 Å². The first-order valence-electron chi connectivity index (χ1n) is 6.18. The van der Waals surface area contributed by atoms with Crippen molar-refractivity contribution < 1.29 is 9.59 Å². The van der Waals surface area contributed by atoms with E-state index in [0.29, 0.717) is 25.3 Å². The highest BCUT2D eigenvalue weighted by atomic mass is 16.2. The third-order valence-electron chi connectivity index (χ3n) is 2.88. The molecule has 0 radical (unpaired) electrons. The van der Waals surface area contributed by atoms with Crippen LogP contribution in [0.25, 0.3) is 0 Å². The van der Waals surface area contributed by atoms with Crippen LogP contribution in [0, 0.1) is 0 Å². The summed E-state index contributed by atoms with van der Waals surface area (Å²) >= 11 is 0. The molecule has 0 aromatic heterocycles. The van der Waals surface area contributed by atoms with Gasteiger partial charge in [0.1, 0.15) is 6.04 Å². The lowest BCUT2D eigenvalue weighted by atomic mass is 10.1. The van der Waals surface area contributed by atoms with E-state index in [1.807, 2.05) is 0 Å². The number of amides is 2. The molecular formula is C11H21N5O2. The van der Waals surface area contributed by atoms with E-state index >= 15 is 0 Å². The standard InChI is InChI=1S/C11H21N5O2/c1-3-4-7-13-11(15-12)14-8-5-6-9(17)16(2)10(8)18/h8H,3-7,12H2,1-2H3,(H2,13,14,15). The SMILES string of the molecule is CCCCN=C(NN)NC1CCC(=O)N(C)C1=O. The van der Waals surface area contributed by atoms with Gasteiger partial charge in [0.15, 0.2) is 0 Å². The van der Waals surface area contributed by atoms with Crippen LogP contribution in [0.5, 0.6) is 0 Å². The molecule has 1 saturated heterocycles. The topological polar surface area (TPSA) is 99.8 Å². The van der Waals surface area contributed by atoms with Gasteiger partial charge in [0.25, 0.3) is 5.91 Å². The van der Waals surface area contributed by atoms with Crippen LogP contribution in [-0.4, -0.2) is 42.3 Å². The quantitative estimate of drug-likeness (QED) is 0.155. The lowest BCUT2D eigenvalue weighted by Crippen LogP contribution is -2.56. The fourth-order valence-electron chi connectivity index (χ4n) is 1.70. The molecule has 0 aromatic carbocycles. The van der Waals surface area contributed by atoms with E-state index in [1.165, 1.54) is 7.05 Å². The Bertz CT molecular complexity index is 342. The van der Waals surface area contributed by atoms with Gasteiger partial charge in [-0.15, -0.1) is 0 Å². The molecule has 18 heavy (non-hydrogen) atoms. The Morgan fingerprint density at radius 1 is 1.56 bits per heavy atom. The van der Waals surface area contributed by atoms with Crippen molar-refractivity contribution in [3.8, 4) is 0 Å². The molecule has 0 saturated carbocycles. The van der Waals surface area contributed by atoms with Gasteiger partial charge in [-0.3, -0.25) is 24.9 Å². The van der Waals surface area contributed by atoms with Gasteiger partial charge in [0.05, 0.1) is 0 Å². The van der Waals surface area contributed by atoms with Crippen LogP contribution in [0.4, 0.5) is 0 Å². The summed E-state index contributed by atoms with van der Waals surface area (Å²) in [6.45, 7) is 2.72. The Labute approximate surface area is 107 Å². The first-order valence-corrected chi connectivity index (χ1v) is 6.18. The fraction of sp³-hybridized carbons (Fsp3) is 0.727. The van der Waals surface area contributed by atoms with Crippen LogP contribution >= 0.6 is 0 Å². The molecule has 1 unspecified atom stereocenters.